The summed E-state index contributed by atoms with van der Waals surface area (Å²) in [5, 5.41) is 11.4. The molecule has 9 heteroatoms. The minimum absolute atomic E-state index is 0. The third kappa shape index (κ3) is 6.07. The predicted octanol–water partition coefficient (Wildman–Crippen LogP) is 3.68. The molecule has 0 radical (unpaired) electrons. The summed E-state index contributed by atoms with van der Waals surface area (Å²) in [7, 11) is 1.55. The van der Waals surface area contributed by atoms with E-state index in [1.165, 1.54) is 6.20 Å². The van der Waals surface area contributed by atoms with Crippen molar-refractivity contribution in [2.24, 2.45) is 5.73 Å². The smallest absolute Gasteiger partial charge is 0.341 e. The number of aromatic nitrogens is 1. The van der Waals surface area contributed by atoms with E-state index >= 15 is 0 Å². The third-order valence-electron chi connectivity index (χ3n) is 4.03. The number of hydrogen-bond donors (Lipinski definition) is 3. The monoisotopic (exact) mass is 447 g/mol. The van der Waals surface area contributed by atoms with Gasteiger partial charge in [0.05, 0.1) is 30.7 Å². The lowest BCUT2D eigenvalue weighted by molar-refractivity contribution is 0.0527. The summed E-state index contributed by atoms with van der Waals surface area (Å²) in [6, 6.07) is 12.2. The molecule has 0 saturated carbocycles. The first kappa shape index (κ1) is 25.7. The minimum atomic E-state index is -0.577. The van der Waals surface area contributed by atoms with Crippen molar-refractivity contribution in [3.8, 4) is 5.75 Å². The van der Waals surface area contributed by atoms with Gasteiger partial charge in [0.2, 0.25) is 0 Å². The number of nitrogens with two attached hydrogens (primary N) is 1. The van der Waals surface area contributed by atoms with Crippen molar-refractivity contribution in [2.75, 3.05) is 25.6 Å². The molecule has 31 heavy (non-hydrogen) atoms. The summed E-state index contributed by atoms with van der Waals surface area (Å²) in [6.45, 7) is 3.89. The van der Waals surface area contributed by atoms with Crippen LogP contribution in [0.25, 0.3) is 10.9 Å². The van der Waals surface area contributed by atoms with Crippen molar-refractivity contribution < 1.29 is 24.2 Å². The van der Waals surface area contributed by atoms with E-state index in [0.29, 0.717) is 33.6 Å². The molecule has 0 aliphatic heterocycles. The van der Waals surface area contributed by atoms with Gasteiger partial charge < -0.3 is 25.6 Å². The Hall–Kier alpha value is -3.36. The number of rotatable bonds is 6. The topological polar surface area (TPSA) is 124 Å². The van der Waals surface area contributed by atoms with Gasteiger partial charge in [0, 0.05) is 18.2 Å². The fourth-order valence-electron chi connectivity index (χ4n) is 2.80. The van der Waals surface area contributed by atoms with Crippen LogP contribution in [0, 0.1) is 0 Å². The third-order valence-corrected chi connectivity index (χ3v) is 4.03. The van der Waals surface area contributed by atoms with E-state index in [2.05, 4.69) is 10.3 Å². The van der Waals surface area contributed by atoms with Gasteiger partial charge in [-0.15, -0.1) is 12.4 Å². The number of hydrogen-bond acceptors (Lipinski definition) is 7. The van der Waals surface area contributed by atoms with Crippen molar-refractivity contribution in [3.63, 3.8) is 0 Å². The van der Waals surface area contributed by atoms with Crippen LogP contribution in [-0.4, -0.2) is 42.3 Å². The van der Waals surface area contributed by atoms with E-state index in [1.807, 2.05) is 6.07 Å². The Bertz CT molecular complexity index is 1040. The zero-order chi connectivity index (χ0) is 22.1. The summed E-state index contributed by atoms with van der Waals surface area (Å²) in [6.07, 6.45) is 1.43. The van der Waals surface area contributed by atoms with Crippen LogP contribution in [0.2, 0.25) is 0 Å². The average Bonchev–Trinajstić information content (AvgIpc) is 2.74. The second kappa shape index (κ2) is 12.4. The Morgan fingerprint density at radius 3 is 2.39 bits per heavy atom. The molecule has 0 aliphatic rings. The number of methoxy groups -OCH3 is 1. The fourth-order valence-corrected chi connectivity index (χ4v) is 2.80. The molecular formula is C22H26ClN3O5. The van der Waals surface area contributed by atoms with Crippen LogP contribution in [0.3, 0.4) is 0 Å². The van der Waals surface area contributed by atoms with Gasteiger partial charge in [0.15, 0.2) is 0 Å². The second-order valence-corrected chi connectivity index (χ2v) is 5.97. The van der Waals surface area contributed by atoms with Gasteiger partial charge in [-0.1, -0.05) is 24.3 Å². The first-order valence-corrected chi connectivity index (χ1v) is 9.37. The lowest BCUT2D eigenvalue weighted by atomic mass is 10.1. The number of carbonyl (C=O) groups excluding carboxylic acids is 2. The number of aliphatic hydroxyl groups excluding tert-OH is 1. The number of nitrogens with zero attached hydrogens (tertiary/aromatic N) is 1. The molecule has 0 atom stereocenters. The number of benzene rings is 2. The SMILES string of the molecule is CCO.CCOC(=O)c1cnc2c(OC)cccc2c1Nc1ccccc1C(N)=O.Cl. The van der Waals surface area contributed by atoms with E-state index in [4.69, 9.17) is 20.3 Å². The first-order chi connectivity index (χ1) is 14.5. The van der Waals surface area contributed by atoms with Gasteiger partial charge in [-0.2, -0.15) is 0 Å². The Morgan fingerprint density at radius 1 is 1.10 bits per heavy atom. The number of halogens is 1. The molecule has 0 unspecified atom stereocenters. The molecule has 8 nitrogen and oxygen atoms in total. The molecule has 0 spiro atoms. The highest BCUT2D eigenvalue weighted by Gasteiger charge is 2.20. The van der Waals surface area contributed by atoms with E-state index in [1.54, 1.807) is 57.4 Å². The Labute approximate surface area is 186 Å². The van der Waals surface area contributed by atoms with E-state index in [9.17, 15) is 9.59 Å². The van der Waals surface area contributed by atoms with Crippen molar-refractivity contribution >= 4 is 46.6 Å². The zero-order valence-corrected chi connectivity index (χ0v) is 18.4. The molecule has 2 aromatic carbocycles. The Kier molecular flexibility index (Phi) is 10.2. The number of para-hydroxylation sites is 2. The number of ether oxygens (including phenoxy) is 2. The highest BCUT2D eigenvalue weighted by molar-refractivity contribution is 6.08. The van der Waals surface area contributed by atoms with Crippen molar-refractivity contribution in [2.45, 2.75) is 13.8 Å². The largest absolute Gasteiger partial charge is 0.494 e. The summed E-state index contributed by atoms with van der Waals surface area (Å²) in [4.78, 5) is 28.6. The maximum Gasteiger partial charge on any atom is 0.341 e. The van der Waals surface area contributed by atoms with E-state index in [0.717, 1.165) is 0 Å². The number of anilines is 2. The van der Waals surface area contributed by atoms with Crippen molar-refractivity contribution in [3.05, 3.63) is 59.8 Å². The number of aliphatic hydroxyl groups is 1. The summed E-state index contributed by atoms with van der Waals surface area (Å²) < 4.78 is 10.5. The molecule has 3 rings (SSSR count). The summed E-state index contributed by atoms with van der Waals surface area (Å²) in [5.41, 5.74) is 7.54. The lowest BCUT2D eigenvalue weighted by Crippen LogP contribution is -2.14. The first-order valence-electron chi connectivity index (χ1n) is 9.37. The molecule has 166 valence electrons. The molecule has 0 bridgehead atoms. The standard InChI is InChI=1S/C20H19N3O4.C2H6O.ClH/c1-3-27-20(25)14-11-22-18-13(8-6-10-16(18)26-2)17(14)23-15-9-5-4-7-12(15)19(21)24;1-2-3;/h4-11H,3H2,1-2H3,(H2,21,24)(H,22,23);3H,2H2,1H3;1H. The second-order valence-electron chi connectivity index (χ2n) is 5.97. The van der Waals surface area contributed by atoms with E-state index < -0.39 is 11.9 Å². The van der Waals surface area contributed by atoms with Crippen LogP contribution in [0.5, 0.6) is 5.75 Å². The molecule has 4 N–H and O–H groups in total. The molecule has 1 amide bonds. The maximum absolute atomic E-state index is 12.4. The number of esters is 1. The molecule has 3 aromatic rings. The van der Waals surface area contributed by atoms with Gasteiger partial charge >= 0.3 is 5.97 Å². The van der Waals surface area contributed by atoms with Crippen LogP contribution >= 0.6 is 12.4 Å². The Balaban J connectivity index is 0.00000113. The molecule has 0 fully saturated rings. The number of fused-ring (bicyclic) bond motifs is 1. The Morgan fingerprint density at radius 2 is 1.77 bits per heavy atom. The molecule has 1 aromatic heterocycles. The van der Waals surface area contributed by atoms with Crippen molar-refractivity contribution in [1.29, 1.82) is 0 Å². The van der Waals surface area contributed by atoms with Crippen LogP contribution in [-0.2, 0) is 4.74 Å². The van der Waals surface area contributed by atoms with Crippen LogP contribution in [0.4, 0.5) is 11.4 Å². The molecule has 0 aliphatic carbocycles. The fraction of sp³-hybridized carbons (Fsp3) is 0.227. The number of nitrogens with one attached hydrogen (secondary N) is 1. The number of primary amides is 1. The maximum atomic E-state index is 12.4. The lowest BCUT2D eigenvalue weighted by Gasteiger charge is -2.16. The van der Waals surface area contributed by atoms with Crippen molar-refractivity contribution in [1.82, 2.24) is 4.98 Å². The van der Waals surface area contributed by atoms with Gasteiger partial charge in [-0.25, -0.2) is 4.79 Å². The summed E-state index contributed by atoms with van der Waals surface area (Å²) >= 11 is 0. The van der Waals surface area contributed by atoms with Crippen LogP contribution < -0.4 is 15.8 Å². The van der Waals surface area contributed by atoms with Gasteiger partial charge in [0.1, 0.15) is 16.8 Å². The van der Waals surface area contributed by atoms with E-state index in [-0.39, 0.29) is 31.2 Å². The van der Waals surface area contributed by atoms with Gasteiger partial charge in [-0.05, 0) is 32.0 Å². The molecule has 1 heterocycles. The highest BCUT2D eigenvalue weighted by Crippen LogP contribution is 2.34. The van der Waals surface area contributed by atoms with Crippen LogP contribution in [0.15, 0.2) is 48.7 Å². The average molecular weight is 448 g/mol. The number of amides is 1. The zero-order valence-electron chi connectivity index (χ0n) is 17.5. The summed E-state index contributed by atoms with van der Waals surface area (Å²) in [5.74, 6) is -0.533. The van der Waals surface area contributed by atoms with Crippen LogP contribution in [0.1, 0.15) is 34.6 Å². The minimum Gasteiger partial charge on any atom is -0.494 e. The number of carbonyl (C=O) groups is 2. The predicted molar refractivity (Wildman–Crippen MR) is 123 cm³/mol. The van der Waals surface area contributed by atoms with Gasteiger partial charge in [-0.3, -0.25) is 9.78 Å². The normalized spacial score (nSPS) is 9.68. The molecule has 0 saturated heterocycles. The molecular weight excluding hydrogens is 422 g/mol. The quantitative estimate of drug-likeness (QED) is 0.492. The number of pyridine rings is 1. The van der Waals surface area contributed by atoms with Gasteiger partial charge in [0.25, 0.3) is 5.91 Å². The highest BCUT2D eigenvalue weighted by atomic mass is 35.5.